The van der Waals surface area contributed by atoms with Gasteiger partial charge in [0.05, 0.1) is 11.7 Å². The largest absolute Gasteiger partial charge is 0.482 e. The summed E-state index contributed by atoms with van der Waals surface area (Å²) in [5.74, 6) is 0.650. The number of amides is 2. The fourth-order valence-corrected chi connectivity index (χ4v) is 3.09. The van der Waals surface area contributed by atoms with Gasteiger partial charge in [-0.2, -0.15) is 0 Å². The lowest BCUT2D eigenvalue weighted by Crippen LogP contribution is -2.39. The standard InChI is InChI=1S/C21H24N2O3/c1-15-10-11-18-19(13-15)26-14-21(25)23(18)12-6-9-20(24)22-16(2)17-7-4-3-5-8-17/h3-5,7-8,10-11,13,16H,6,9,12,14H2,1-2H3,(H,22,24)/t16-/m0/s1. The van der Waals surface area contributed by atoms with Gasteiger partial charge < -0.3 is 15.0 Å². The number of aryl methyl sites for hydroxylation is 1. The summed E-state index contributed by atoms with van der Waals surface area (Å²) in [5, 5.41) is 3.00. The molecule has 5 heteroatoms. The van der Waals surface area contributed by atoms with E-state index in [1.807, 2.05) is 62.4 Å². The lowest BCUT2D eigenvalue weighted by atomic mass is 10.1. The molecule has 2 aromatic carbocycles. The highest BCUT2D eigenvalue weighted by Crippen LogP contribution is 2.32. The molecule has 0 fully saturated rings. The van der Waals surface area contributed by atoms with Crippen LogP contribution in [0.3, 0.4) is 0 Å². The molecule has 1 aliphatic rings. The first-order valence-electron chi connectivity index (χ1n) is 8.93. The van der Waals surface area contributed by atoms with Crippen LogP contribution in [-0.4, -0.2) is 25.0 Å². The molecule has 1 aliphatic heterocycles. The Bertz CT molecular complexity index is 789. The Hall–Kier alpha value is -2.82. The number of benzene rings is 2. The molecule has 5 nitrogen and oxygen atoms in total. The molecule has 0 radical (unpaired) electrons. The van der Waals surface area contributed by atoms with Gasteiger partial charge in [0.15, 0.2) is 6.61 Å². The zero-order valence-electron chi connectivity index (χ0n) is 15.2. The molecule has 26 heavy (non-hydrogen) atoms. The van der Waals surface area contributed by atoms with Crippen molar-refractivity contribution in [3.8, 4) is 5.75 Å². The van der Waals surface area contributed by atoms with E-state index in [0.717, 1.165) is 22.6 Å². The summed E-state index contributed by atoms with van der Waals surface area (Å²) in [7, 11) is 0. The first-order valence-corrected chi connectivity index (χ1v) is 8.93. The van der Waals surface area contributed by atoms with Crippen molar-refractivity contribution in [2.24, 2.45) is 0 Å². The Balaban J connectivity index is 1.53. The molecule has 2 aromatic rings. The molecule has 0 spiro atoms. The molecule has 2 amide bonds. The average molecular weight is 352 g/mol. The van der Waals surface area contributed by atoms with Gasteiger partial charge in [0.2, 0.25) is 5.91 Å². The maximum atomic E-state index is 12.2. The fraction of sp³-hybridized carbons (Fsp3) is 0.333. The van der Waals surface area contributed by atoms with Crippen LogP contribution < -0.4 is 15.0 Å². The van der Waals surface area contributed by atoms with Crippen molar-refractivity contribution in [1.29, 1.82) is 0 Å². The molecule has 1 atom stereocenters. The van der Waals surface area contributed by atoms with E-state index in [-0.39, 0.29) is 24.5 Å². The number of carbonyl (C=O) groups excluding carboxylic acids is 2. The number of nitrogens with zero attached hydrogens (tertiary/aromatic N) is 1. The number of anilines is 1. The SMILES string of the molecule is Cc1ccc2c(c1)OCC(=O)N2CCCC(=O)N[C@@H](C)c1ccccc1. The second kappa shape index (κ2) is 8.04. The smallest absolute Gasteiger partial charge is 0.265 e. The third-order valence-corrected chi connectivity index (χ3v) is 4.52. The Morgan fingerprint density at radius 1 is 1.23 bits per heavy atom. The molecule has 0 unspecified atom stereocenters. The molecule has 136 valence electrons. The molecule has 0 saturated heterocycles. The van der Waals surface area contributed by atoms with Crippen LogP contribution in [0, 0.1) is 6.92 Å². The van der Waals surface area contributed by atoms with Crippen molar-refractivity contribution in [3.63, 3.8) is 0 Å². The van der Waals surface area contributed by atoms with Crippen LogP contribution in [0.1, 0.15) is 36.9 Å². The number of rotatable bonds is 6. The van der Waals surface area contributed by atoms with E-state index in [4.69, 9.17) is 4.74 Å². The fourth-order valence-electron chi connectivity index (χ4n) is 3.09. The number of nitrogens with one attached hydrogen (secondary N) is 1. The van der Waals surface area contributed by atoms with Crippen molar-refractivity contribution in [2.45, 2.75) is 32.7 Å². The van der Waals surface area contributed by atoms with E-state index < -0.39 is 0 Å². The van der Waals surface area contributed by atoms with Crippen LogP contribution in [0.25, 0.3) is 0 Å². The minimum Gasteiger partial charge on any atom is -0.482 e. The summed E-state index contributed by atoms with van der Waals surface area (Å²) >= 11 is 0. The number of carbonyl (C=O) groups is 2. The summed E-state index contributed by atoms with van der Waals surface area (Å²) in [6.45, 7) is 4.51. The normalized spacial score (nSPS) is 14.4. The second-order valence-corrected chi connectivity index (χ2v) is 6.61. The van der Waals surface area contributed by atoms with E-state index in [2.05, 4.69) is 5.32 Å². The predicted molar refractivity (Wildman–Crippen MR) is 101 cm³/mol. The van der Waals surface area contributed by atoms with E-state index >= 15 is 0 Å². The van der Waals surface area contributed by atoms with E-state index in [9.17, 15) is 9.59 Å². The van der Waals surface area contributed by atoms with E-state index in [1.165, 1.54) is 0 Å². The van der Waals surface area contributed by atoms with Crippen molar-refractivity contribution in [3.05, 3.63) is 59.7 Å². The number of hydrogen-bond donors (Lipinski definition) is 1. The molecule has 1 N–H and O–H groups in total. The molecule has 1 heterocycles. The minimum absolute atomic E-state index is 0.00816. The lowest BCUT2D eigenvalue weighted by Gasteiger charge is -2.29. The van der Waals surface area contributed by atoms with Crippen LogP contribution >= 0.6 is 0 Å². The zero-order chi connectivity index (χ0) is 18.5. The maximum absolute atomic E-state index is 12.2. The van der Waals surface area contributed by atoms with Crippen LogP contribution in [-0.2, 0) is 9.59 Å². The lowest BCUT2D eigenvalue weighted by molar-refractivity contribution is -0.123. The third-order valence-electron chi connectivity index (χ3n) is 4.52. The first-order chi connectivity index (χ1) is 12.5. The quantitative estimate of drug-likeness (QED) is 0.867. The topological polar surface area (TPSA) is 58.6 Å². The summed E-state index contributed by atoms with van der Waals surface area (Å²) in [6, 6.07) is 15.6. The van der Waals surface area contributed by atoms with Crippen LogP contribution in [0.2, 0.25) is 0 Å². The Labute approximate surface area is 154 Å². The van der Waals surface area contributed by atoms with Crippen molar-refractivity contribution >= 4 is 17.5 Å². The first kappa shape index (κ1) is 18.0. The molecular weight excluding hydrogens is 328 g/mol. The third kappa shape index (κ3) is 4.23. The van der Waals surface area contributed by atoms with Gasteiger partial charge in [-0.15, -0.1) is 0 Å². The number of hydrogen-bond acceptors (Lipinski definition) is 3. The summed E-state index contributed by atoms with van der Waals surface area (Å²) < 4.78 is 5.51. The van der Waals surface area contributed by atoms with Crippen molar-refractivity contribution in [2.75, 3.05) is 18.1 Å². The average Bonchev–Trinajstić information content (AvgIpc) is 2.64. The van der Waals surface area contributed by atoms with Gasteiger partial charge in [-0.25, -0.2) is 0 Å². The monoisotopic (exact) mass is 352 g/mol. The van der Waals surface area contributed by atoms with Crippen LogP contribution in [0.15, 0.2) is 48.5 Å². The van der Waals surface area contributed by atoms with Crippen molar-refractivity contribution in [1.82, 2.24) is 5.32 Å². The van der Waals surface area contributed by atoms with Gasteiger partial charge in [-0.3, -0.25) is 9.59 Å². The van der Waals surface area contributed by atoms with Crippen LogP contribution in [0.5, 0.6) is 5.75 Å². The minimum atomic E-state index is -0.0700. The summed E-state index contributed by atoms with van der Waals surface area (Å²) in [5.41, 5.74) is 2.95. The highest BCUT2D eigenvalue weighted by molar-refractivity contribution is 5.97. The van der Waals surface area contributed by atoms with Gasteiger partial charge in [0, 0.05) is 13.0 Å². The number of fused-ring (bicyclic) bond motifs is 1. The van der Waals surface area contributed by atoms with Gasteiger partial charge in [-0.05, 0) is 43.5 Å². The molecule has 3 rings (SSSR count). The van der Waals surface area contributed by atoms with Gasteiger partial charge >= 0.3 is 0 Å². The molecule has 0 bridgehead atoms. The Morgan fingerprint density at radius 2 is 2.00 bits per heavy atom. The highest BCUT2D eigenvalue weighted by Gasteiger charge is 2.25. The highest BCUT2D eigenvalue weighted by atomic mass is 16.5. The van der Waals surface area contributed by atoms with Gasteiger partial charge in [0.25, 0.3) is 5.91 Å². The van der Waals surface area contributed by atoms with Crippen molar-refractivity contribution < 1.29 is 14.3 Å². The van der Waals surface area contributed by atoms with Crippen LogP contribution in [0.4, 0.5) is 5.69 Å². The van der Waals surface area contributed by atoms with E-state index in [0.29, 0.717) is 19.4 Å². The summed E-state index contributed by atoms with van der Waals surface area (Å²) in [4.78, 5) is 26.1. The molecular formula is C21H24N2O3. The van der Waals surface area contributed by atoms with Gasteiger partial charge in [-0.1, -0.05) is 36.4 Å². The number of ether oxygens (including phenoxy) is 1. The Morgan fingerprint density at radius 3 is 2.77 bits per heavy atom. The predicted octanol–water partition coefficient (Wildman–Crippen LogP) is 3.38. The maximum Gasteiger partial charge on any atom is 0.265 e. The molecule has 0 aliphatic carbocycles. The Kier molecular flexibility index (Phi) is 5.56. The summed E-state index contributed by atoms with van der Waals surface area (Å²) in [6.07, 6.45) is 0.982. The van der Waals surface area contributed by atoms with E-state index in [1.54, 1.807) is 4.90 Å². The second-order valence-electron chi connectivity index (χ2n) is 6.61. The zero-order valence-corrected chi connectivity index (χ0v) is 15.2. The molecule has 0 aromatic heterocycles. The molecule has 0 saturated carbocycles. The van der Waals surface area contributed by atoms with Gasteiger partial charge in [0.1, 0.15) is 5.75 Å².